The Morgan fingerprint density at radius 3 is 2.53 bits per heavy atom. The maximum Gasteiger partial charge on any atom is 0.471 e. The third-order valence-electron chi connectivity index (χ3n) is 2.67. The van der Waals surface area contributed by atoms with Crippen molar-refractivity contribution in [1.82, 2.24) is 14.9 Å². The molecule has 0 bridgehead atoms. The maximum atomic E-state index is 12.1. The van der Waals surface area contributed by atoms with E-state index in [1.807, 2.05) is 0 Å². The molecule has 0 unspecified atom stereocenters. The van der Waals surface area contributed by atoms with Crippen molar-refractivity contribution >= 4 is 11.9 Å². The van der Waals surface area contributed by atoms with Gasteiger partial charge in [0.15, 0.2) is 5.69 Å². The molecule has 0 radical (unpaired) electrons. The Kier molecular flexibility index (Phi) is 3.13. The second kappa shape index (κ2) is 4.48. The highest BCUT2D eigenvalue weighted by molar-refractivity contribution is 5.85. The van der Waals surface area contributed by atoms with E-state index in [1.165, 1.54) is 12.3 Å². The topological polar surface area (TPSA) is 83.4 Å². The Bertz CT molecular complexity index is 526. The number of nitrogens with zero attached hydrogens (tertiary/aromatic N) is 3. The molecule has 1 aliphatic heterocycles. The predicted octanol–water partition coefficient (Wildman–Crippen LogP) is 0.663. The molecule has 0 atom stereocenters. The number of likely N-dealkylation sites (tertiary alicyclic amines) is 1. The van der Waals surface area contributed by atoms with Gasteiger partial charge in [-0.15, -0.1) is 0 Å². The summed E-state index contributed by atoms with van der Waals surface area (Å²) < 4.78 is 36.4. The number of carbonyl (C=O) groups is 2. The number of rotatable bonds is 2. The van der Waals surface area contributed by atoms with Crippen LogP contribution in [0.4, 0.5) is 13.2 Å². The normalized spacial score (nSPS) is 16.1. The second-order valence-corrected chi connectivity index (χ2v) is 4.01. The van der Waals surface area contributed by atoms with Gasteiger partial charge in [0.1, 0.15) is 5.82 Å². The molecule has 1 aliphatic rings. The van der Waals surface area contributed by atoms with E-state index < -0.39 is 24.0 Å². The summed E-state index contributed by atoms with van der Waals surface area (Å²) in [4.78, 5) is 29.7. The number of carbonyl (C=O) groups excluding carboxylic acids is 1. The lowest BCUT2D eigenvalue weighted by molar-refractivity contribution is -0.190. The van der Waals surface area contributed by atoms with Crippen LogP contribution in [0.1, 0.15) is 22.2 Å². The van der Waals surface area contributed by atoms with E-state index in [9.17, 15) is 22.8 Å². The fourth-order valence-electron chi connectivity index (χ4n) is 1.68. The van der Waals surface area contributed by atoms with Crippen molar-refractivity contribution in [2.24, 2.45) is 0 Å². The first kappa shape index (κ1) is 13.2. The first-order valence-electron chi connectivity index (χ1n) is 5.21. The average Bonchev–Trinajstić information content (AvgIpc) is 2.26. The summed E-state index contributed by atoms with van der Waals surface area (Å²) in [6.07, 6.45) is -3.67. The van der Waals surface area contributed by atoms with E-state index in [1.54, 1.807) is 0 Å². The SMILES string of the molecule is O=C(O)c1ccnc(C2CN(C(=O)C(F)(F)F)C2)n1. The van der Waals surface area contributed by atoms with E-state index in [-0.39, 0.29) is 24.6 Å². The Balaban J connectivity index is 2.03. The molecular weight excluding hydrogens is 267 g/mol. The summed E-state index contributed by atoms with van der Waals surface area (Å²) in [6, 6.07) is 1.18. The van der Waals surface area contributed by atoms with Crippen molar-refractivity contribution in [3.05, 3.63) is 23.8 Å². The summed E-state index contributed by atoms with van der Waals surface area (Å²) in [5.41, 5.74) is -0.231. The third kappa shape index (κ3) is 2.64. The van der Waals surface area contributed by atoms with Crippen LogP contribution in [0.15, 0.2) is 12.3 Å². The van der Waals surface area contributed by atoms with E-state index in [4.69, 9.17) is 5.11 Å². The number of halogens is 3. The second-order valence-electron chi connectivity index (χ2n) is 4.01. The molecule has 0 aliphatic carbocycles. The predicted molar refractivity (Wildman–Crippen MR) is 54.4 cm³/mol. The van der Waals surface area contributed by atoms with Gasteiger partial charge >= 0.3 is 18.1 Å². The number of amides is 1. The maximum absolute atomic E-state index is 12.1. The molecule has 1 amide bonds. The van der Waals surface area contributed by atoms with Crippen LogP contribution in [0.5, 0.6) is 0 Å². The molecule has 1 saturated heterocycles. The lowest BCUT2D eigenvalue weighted by Gasteiger charge is -2.38. The number of aromatic carboxylic acids is 1. The van der Waals surface area contributed by atoms with Gasteiger partial charge in [0.25, 0.3) is 0 Å². The van der Waals surface area contributed by atoms with E-state index in [0.717, 1.165) is 0 Å². The zero-order chi connectivity index (χ0) is 14.2. The minimum Gasteiger partial charge on any atom is -0.477 e. The van der Waals surface area contributed by atoms with Gasteiger partial charge in [0.2, 0.25) is 0 Å². The van der Waals surface area contributed by atoms with Gasteiger partial charge in [0, 0.05) is 19.3 Å². The lowest BCUT2D eigenvalue weighted by Crippen LogP contribution is -2.53. The number of alkyl halides is 3. The molecule has 2 rings (SSSR count). The van der Waals surface area contributed by atoms with Gasteiger partial charge < -0.3 is 10.0 Å². The average molecular weight is 275 g/mol. The van der Waals surface area contributed by atoms with Crippen molar-refractivity contribution in [3.63, 3.8) is 0 Å². The number of carboxylic acid groups (broad SMARTS) is 1. The first-order chi connectivity index (χ1) is 8.79. The van der Waals surface area contributed by atoms with Crippen LogP contribution in [0.3, 0.4) is 0 Å². The van der Waals surface area contributed by atoms with Gasteiger partial charge in [-0.25, -0.2) is 14.8 Å². The number of carboxylic acids is 1. The zero-order valence-electron chi connectivity index (χ0n) is 9.39. The molecule has 1 fully saturated rings. The summed E-state index contributed by atoms with van der Waals surface area (Å²) in [7, 11) is 0. The molecular formula is C10H8F3N3O3. The van der Waals surface area contributed by atoms with Crippen molar-refractivity contribution in [1.29, 1.82) is 0 Å². The molecule has 0 aromatic carbocycles. The molecule has 1 aromatic rings. The summed E-state index contributed by atoms with van der Waals surface area (Å²) in [5.74, 6) is -3.49. The molecule has 6 nitrogen and oxygen atoms in total. The van der Waals surface area contributed by atoms with Gasteiger partial charge in [0.05, 0.1) is 5.92 Å². The minimum atomic E-state index is -4.89. The molecule has 19 heavy (non-hydrogen) atoms. The van der Waals surface area contributed by atoms with Crippen molar-refractivity contribution in [2.75, 3.05) is 13.1 Å². The van der Waals surface area contributed by atoms with Crippen molar-refractivity contribution in [2.45, 2.75) is 12.1 Å². The Morgan fingerprint density at radius 1 is 1.37 bits per heavy atom. The first-order valence-corrected chi connectivity index (χ1v) is 5.21. The van der Waals surface area contributed by atoms with Crippen LogP contribution in [0.2, 0.25) is 0 Å². The third-order valence-corrected chi connectivity index (χ3v) is 2.67. The fraction of sp³-hybridized carbons (Fsp3) is 0.400. The van der Waals surface area contributed by atoms with E-state index in [0.29, 0.717) is 4.90 Å². The van der Waals surface area contributed by atoms with Crippen LogP contribution in [-0.4, -0.2) is 51.1 Å². The summed E-state index contributed by atoms with van der Waals surface area (Å²) in [5, 5.41) is 8.73. The summed E-state index contributed by atoms with van der Waals surface area (Å²) >= 11 is 0. The highest BCUT2D eigenvalue weighted by atomic mass is 19.4. The van der Waals surface area contributed by atoms with Crippen molar-refractivity contribution < 1.29 is 27.9 Å². The van der Waals surface area contributed by atoms with Crippen LogP contribution in [-0.2, 0) is 4.79 Å². The van der Waals surface area contributed by atoms with Crippen LogP contribution >= 0.6 is 0 Å². The number of hydrogen-bond acceptors (Lipinski definition) is 4. The largest absolute Gasteiger partial charge is 0.477 e. The molecule has 1 aromatic heterocycles. The van der Waals surface area contributed by atoms with Gasteiger partial charge in [-0.1, -0.05) is 0 Å². The fourth-order valence-corrected chi connectivity index (χ4v) is 1.68. The Labute approximate surface area is 104 Å². The molecule has 1 N–H and O–H groups in total. The Hall–Kier alpha value is -2.19. The molecule has 9 heteroatoms. The number of aromatic nitrogens is 2. The van der Waals surface area contributed by atoms with Gasteiger partial charge in [-0.3, -0.25) is 4.79 Å². The smallest absolute Gasteiger partial charge is 0.471 e. The van der Waals surface area contributed by atoms with Gasteiger partial charge in [-0.2, -0.15) is 13.2 Å². The highest BCUT2D eigenvalue weighted by Crippen LogP contribution is 2.29. The van der Waals surface area contributed by atoms with E-state index >= 15 is 0 Å². The van der Waals surface area contributed by atoms with Crippen LogP contribution in [0, 0.1) is 0 Å². The summed E-state index contributed by atoms with van der Waals surface area (Å²) in [6.45, 7) is -0.331. The zero-order valence-corrected chi connectivity index (χ0v) is 9.39. The standard InChI is InChI=1S/C10H8F3N3O3/c11-10(12,13)9(19)16-3-5(4-16)7-14-2-1-6(15-7)8(17)18/h1-2,5H,3-4H2,(H,17,18). The van der Waals surface area contributed by atoms with Crippen LogP contribution < -0.4 is 0 Å². The molecule has 0 saturated carbocycles. The van der Waals surface area contributed by atoms with Crippen molar-refractivity contribution in [3.8, 4) is 0 Å². The molecule has 0 spiro atoms. The highest BCUT2D eigenvalue weighted by Gasteiger charge is 2.47. The minimum absolute atomic E-state index is 0.131. The Morgan fingerprint density at radius 2 is 2.00 bits per heavy atom. The molecule has 102 valence electrons. The molecule has 2 heterocycles. The number of hydrogen-bond donors (Lipinski definition) is 1. The lowest BCUT2D eigenvalue weighted by atomic mass is 9.99. The van der Waals surface area contributed by atoms with Crippen LogP contribution in [0.25, 0.3) is 0 Å². The monoisotopic (exact) mass is 275 g/mol. The quantitative estimate of drug-likeness (QED) is 0.857. The van der Waals surface area contributed by atoms with E-state index in [2.05, 4.69) is 9.97 Å². The van der Waals surface area contributed by atoms with Gasteiger partial charge in [-0.05, 0) is 6.07 Å².